The minimum atomic E-state index is -0.618. The van der Waals surface area contributed by atoms with Gasteiger partial charge in [-0.2, -0.15) is 9.97 Å². The summed E-state index contributed by atoms with van der Waals surface area (Å²) < 4.78 is 16.9. The molecule has 0 radical (unpaired) electrons. The summed E-state index contributed by atoms with van der Waals surface area (Å²) >= 11 is 0. The Morgan fingerprint density at radius 2 is 1.48 bits per heavy atom. The summed E-state index contributed by atoms with van der Waals surface area (Å²) in [6, 6.07) is 1.45. The lowest BCUT2D eigenvalue weighted by Gasteiger charge is -2.41. The first kappa shape index (κ1) is 48.6. The van der Waals surface area contributed by atoms with Crippen LogP contribution in [0.4, 0.5) is 27.2 Å². The molecular formula is C44H77N9O7. The molecule has 1 atom stereocenters. The van der Waals surface area contributed by atoms with E-state index in [9.17, 15) is 19.2 Å². The minimum absolute atomic E-state index is 0.0271. The number of nitrogens with zero attached hydrogens (tertiary/aromatic N) is 6. The van der Waals surface area contributed by atoms with Crippen LogP contribution in [0.15, 0.2) is 6.07 Å². The monoisotopic (exact) mass is 844 g/mol. The lowest BCUT2D eigenvalue weighted by atomic mass is 9.84. The van der Waals surface area contributed by atoms with Gasteiger partial charge < -0.3 is 45.3 Å². The molecule has 3 fully saturated rings. The van der Waals surface area contributed by atoms with Crippen LogP contribution in [0, 0.1) is 5.92 Å². The number of piperazine rings is 1. The first-order valence-electron chi connectivity index (χ1n) is 22.4. The minimum Gasteiger partial charge on any atom is -0.465 e. The lowest BCUT2D eigenvalue weighted by Crippen LogP contribution is -2.62. The molecule has 0 unspecified atom stereocenters. The van der Waals surface area contributed by atoms with Gasteiger partial charge in [0.2, 0.25) is 11.9 Å². The van der Waals surface area contributed by atoms with Crippen LogP contribution in [0.3, 0.4) is 0 Å². The Balaban J connectivity index is 1.34. The van der Waals surface area contributed by atoms with E-state index < -0.39 is 22.8 Å². The third-order valence-electron chi connectivity index (χ3n) is 11.1. The number of nitrogens with two attached hydrogens (primary N) is 1. The number of esters is 1. The predicted molar refractivity (Wildman–Crippen MR) is 235 cm³/mol. The van der Waals surface area contributed by atoms with Gasteiger partial charge in [-0.1, -0.05) is 19.3 Å². The van der Waals surface area contributed by atoms with E-state index in [0.29, 0.717) is 69.2 Å². The third kappa shape index (κ3) is 16.4. The highest BCUT2D eigenvalue weighted by Gasteiger charge is 2.36. The third-order valence-corrected chi connectivity index (χ3v) is 11.1. The van der Waals surface area contributed by atoms with Crippen molar-refractivity contribution in [2.75, 3.05) is 68.4 Å². The molecule has 4 N–H and O–H groups in total. The summed E-state index contributed by atoms with van der Waals surface area (Å²) in [5.41, 5.74) is 4.68. The topological polar surface area (TPSA) is 185 Å². The smallest absolute Gasteiger partial charge is 0.410 e. The fourth-order valence-electron chi connectivity index (χ4n) is 8.28. The van der Waals surface area contributed by atoms with Gasteiger partial charge in [0.05, 0.1) is 13.2 Å². The zero-order valence-corrected chi connectivity index (χ0v) is 38.4. The van der Waals surface area contributed by atoms with Gasteiger partial charge in [0, 0.05) is 63.0 Å². The van der Waals surface area contributed by atoms with Gasteiger partial charge in [-0.25, -0.2) is 9.59 Å². The summed E-state index contributed by atoms with van der Waals surface area (Å²) in [4.78, 5) is 69.6. The average Bonchev–Trinajstić information content (AvgIpc) is 3.13. The molecule has 2 heterocycles. The van der Waals surface area contributed by atoms with E-state index in [4.69, 9.17) is 24.9 Å². The number of aromatic nitrogens is 2. The van der Waals surface area contributed by atoms with Gasteiger partial charge in [0.15, 0.2) is 0 Å². The number of carbonyl (C=O) groups excluding carboxylic acids is 4. The van der Waals surface area contributed by atoms with Crippen molar-refractivity contribution in [3.05, 3.63) is 6.07 Å². The number of rotatable bonds is 15. The second-order valence-corrected chi connectivity index (χ2v) is 19.9. The zero-order valence-electron chi connectivity index (χ0n) is 38.4. The SMILES string of the molecule is CCOC(=O)CN1CCN(c2cc(N)nc(NC3CCC(CCN(CCCN(C(=O)OC(C)(C)C)C4CCCCC4)C(=O)OC(C)(C)C)CC3)n2)C[C@H]1C(=O)NC(C)(C)C. The number of hydrogen-bond acceptors (Lipinski definition) is 13. The van der Waals surface area contributed by atoms with E-state index in [-0.39, 0.29) is 49.3 Å². The van der Waals surface area contributed by atoms with Gasteiger partial charge >= 0.3 is 18.2 Å². The van der Waals surface area contributed by atoms with E-state index in [1.165, 1.54) is 6.42 Å². The number of nitrogen functional groups attached to an aromatic ring is 1. The number of anilines is 3. The Morgan fingerprint density at radius 1 is 0.833 bits per heavy atom. The largest absolute Gasteiger partial charge is 0.465 e. The summed E-state index contributed by atoms with van der Waals surface area (Å²) in [6.07, 6.45) is 10.1. The van der Waals surface area contributed by atoms with Crippen molar-refractivity contribution in [1.29, 1.82) is 0 Å². The van der Waals surface area contributed by atoms with Crippen molar-refractivity contribution < 1.29 is 33.4 Å². The highest BCUT2D eigenvalue weighted by atomic mass is 16.6. The van der Waals surface area contributed by atoms with Gasteiger partial charge in [0.25, 0.3) is 0 Å². The van der Waals surface area contributed by atoms with E-state index in [1.807, 2.05) is 81.9 Å². The first-order valence-corrected chi connectivity index (χ1v) is 22.4. The molecule has 1 saturated heterocycles. The van der Waals surface area contributed by atoms with Gasteiger partial charge in [0.1, 0.15) is 28.9 Å². The van der Waals surface area contributed by atoms with E-state index in [0.717, 1.165) is 57.8 Å². The van der Waals surface area contributed by atoms with Crippen LogP contribution < -0.4 is 21.3 Å². The zero-order chi connectivity index (χ0) is 44.3. The molecule has 2 aliphatic carbocycles. The van der Waals surface area contributed by atoms with Crippen LogP contribution in [0.25, 0.3) is 0 Å². The average molecular weight is 844 g/mol. The number of carbonyl (C=O) groups is 4. The molecule has 0 bridgehead atoms. The highest BCUT2D eigenvalue weighted by molar-refractivity contribution is 5.84. The summed E-state index contributed by atoms with van der Waals surface area (Å²) in [5, 5.41) is 6.59. The molecule has 1 aromatic heterocycles. The Kier molecular flexibility index (Phi) is 17.5. The number of hydrogen-bond donors (Lipinski definition) is 3. The van der Waals surface area contributed by atoms with Crippen LogP contribution in [0.5, 0.6) is 0 Å². The van der Waals surface area contributed by atoms with E-state index in [1.54, 1.807) is 13.0 Å². The van der Waals surface area contributed by atoms with Crippen molar-refractivity contribution in [2.45, 2.75) is 175 Å². The molecule has 4 rings (SSSR count). The first-order chi connectivity index (χ1) is 28.1. The van der Waals surface area contributed by atoms with E-state index in [2.05, 4.69) is 15.6 Å². The molecule has 2 saturated carbocycles. The van der Waals surface area contributed by atoms with Crippen molar-refractivity contribution in [2.24, 2.45) is 5.92 Å². The molecule has 0 spiro atoms. The van der Waals surface area contributed by atoms with Gasteiger partial charge in [-0.05, 0) is 127 Å². The van der Waals surface area contributed by atoms with Crippen molar-refractivity contribution >= 4 is 41.6 Å². The van der Waals surface area contributed by atoms with Crippen LogP contribution in [-0.2, 0) is 23.8 Å². The van der Waals surface area contributed by atoms with Crippen molar-refractivity contribution in [1.82, 2.24) is 30.0 Å². The Hall–Kier alpha value is -4.08. The van der Waals surface area contributed by atoms with Gasteiger partial charge in [-0.15, -0.1) is 0 Å². The quantitative estimate of drug-likeness (QED) is 0.127. The maximum atomic E-state index is 13.5. The molecule has 1 aromatic rings. The van der Waals surface area contributed by atoms with Crippen LogP contribution in [0.2, 0.25) is 0 Å². The van der Waals surface area contributed by atoms with Crippen LogP contribution >= 0.6 is 0 Å². The molecule has 60 heavy (non-hydrogen) atoms. The molecule has 340 valence electrons. The standard InChI is InChI=1S/C44H77N9O7/c1-11-58-37(54)30-51-26-27-52(29-34(51)38(55)49-42(2,3)4)36-28-35(45)47-39(48-36)46-32-20-18-31(19-21-32)22-25-50(40(56)59-43(5,6)7)23-15-24-53(33-16-13-12-14-17-33)41(57)60-44(8,9)10/h28,31-34H,11-27,29-30H2,1-10H3,(H,49,55)(H3,45,46,47,48)/t31?,32?,34-/m0/s1. The molecule has 16 nitrogen and oxygen atoms in total. The fraction of sp³-hybridized carbons (Fsp3) is 0.818. The second kappa shape index (κ2) is 21.6. The maximum Gasteiger partial charge on any atom is 0.410 e. The Morgan fingerprint density at radius 3 is 2.10 bits per heavy atom. The highest BCUT2D eigenvalue weighted by Crippen LogP contribution is 2.30. The number of amides is 3. The van der Waals surface area contributed by atoms with Crippen molar-refractivity contribution in [3.8, 4) is 0 Å². The maximum absolute atomic E-state index is 13.5. The van der Waals surface area contributed by atoms with Gasteiger partial charge in [-0.3, -0.25) is 14.5 Å². The molecule has 0 aromatic carbocycles. The van der Waals surface area contributed by atoms with E-state index >= 15 is 0 Å². The summed E-state index contributed by atoms with van der Waals surface area (Å²) in [5.74, 6) is 1.31. The second-order valence-electron chi connectivity index (χ2n) is 19.9. The molecule has 3 amide bonds. The van der Waals surface area contributed by atoms with Crippen LogP contribution in [0.1, 0.15) is 140 Å². The predicted octanol–water partition coefficient (Wildman–Crippen LogP) is 6.59. The Bertz CT molecular complexity index is 1560. The summed E-state index contributed by atoms with van der Waals surface area (Å²) in [6.45, 7) is 22.1. The molecular weight excluding hydrogens is 767 g/mol. The Labute approximate surface area is 359 Å². The normalized spacial score (nSPS) is 20.8. The molecule has 16 heteroatoms. The summed E-state index contributed by atoms with van der Waals surface area (Å²) in [7, 11) is 0. The molecule has 1 aliphatic heterocycles. The fourth-order valence-corrected chi connectivity index (χ4v) is 8.28. The molecule has 3 aliphatic rings. The van der Waals surface area contributed by atoms with Crippen LogP contribution in [-0.4, -0.2) is 136 Å². The number of nitrogens with one attached hydrogen (secondary N) is 2. The number of ether oxygens (including phenoxy) is 3. The lowest BCUT2D eigenvalue weighted by molar-refractivity contribution is -0.146. The van der Waals surface area contributed by atoms with Crippen molar-refractivity contribution in [3.63, 3.8) is 0 Å².